The Bertz CT molecular complexity index is 476. The van der Waals surface area contributed by atoms with Gasteiger partial charge in [0.05, 0.1) is 7.11 Å². The number of benzene rings is 1. The maximum Gasteiger partial charge on any atom is 0.251 e. The molecule has 0 spiro atoms. The molecule has 0 bridgehead atoms. The van der Waals surface area contributed by atoms with Gasteiger partial charge in [0.15, 0.2) is 11.5 Å². The van der Waals surface area contributed by atoms with Crippen molar-refractivity contribution in [3.8, 4) is 11.5 Å². The normalized spacial score (nSPS) is 22.3. The predicted molar refractivity (Wildman–Crippen MR) is 77.2 cm³/mol. The summed E-state index contributed by atoms with van der Waals surface area (Å²) < 4.78 is 4.95. The van der Waals surface area contributed by atoms with Gasteiger partial charge < -0.3 is 20.5 Å². The van der Waals surface area contributed by atoms with Gasteiger partial charge in [-0.25, -0.2) is 0 Å². The molecular weight excluding hydrogens is 256 g/mol. The Morgan fingerprint density at radius 1 is 1.50 bits per heavy atom. The predicted octanol–water partition coefficient (Wildman–Crippen LogP) is 1.66. The van der Waals surface area contributed by atoms with Gasteiger partial charge in [-0.2, -0.15) is 0 Å². The third-order valence-electron chi connectivity index (χ3n) is 3.66. The minimum Gasteiger partial charge on any atom is -0.504 e. The molecule has 5 nitrogen and oxygen atoms in total. The van der Waals surface area contributed by atoms with Crippen molar-refractivity contribution in [3.63, 3.8) is 0 Å². The molecule has 1 aliphatic rings. The van der Waals surface area contributed by atoms with Gasteiger partial charge in [0.2, 0.25) is 0 Å². The van der Waals surface area contributed by atoms with Crippen molar-refractivity contribution in [1.29, 1.82) is 0 Å². The second kappa shape index (κ2) is 6.61. The number of hydrogen-bond donors (Lipinski definition) is 3. The summed E-state index contributed by atoms with van der Waals surface area (Å²) in [6.07, 6.45) is 3.47. The first-order valence-electron chi connectivity index (χ1n) is 7.01. The molecule has 20 heavy (non-hydrogen) atoms. The van der Waals surface area contributed by atoms with Crippen molar-refractivity contribution in [1.82, 2.24) is 10.6 Å². The van der Waals surface area contributed by atoms with Crippen LogP contribution in [0, 0.1) is 0 Å². The third kappa shape index (κ3) is 3.63. The number of phenols is 1. The molecule has 1 aromatic carbocycles. The molecule has 0 saturated carbocycles. The molecule has 2 atom stereocenters. The smallest absolute Gasteiger partial charge is 0.251 e. The van der Waals surface area contributed by atoms with Crippen LogP contribution < -0.4 is 15.4 Å². The summed E-state index contributed by atoms with van der Waals surface area (Å²) in [6, 6.07) is 5.49. The molecule has 1 fully saturated rings. The lowest BCUT2D eigenvalue weighted by molar-refractivity contribution is 0.0946. The molecule has 2 rings (SSSR count). The quantitative estimate of drug-likeness (QED) is 0.783. The topological polar surface area (TPSA) is 70.6 Å². The van der Waals surface area contributed by atoms with Gasteiger partial charge in [0, 0.05) is 24.2 Å². The number of rotatable bonds is 4. The van der Waals surface area contributed by atoms with E-state index in [1.54, 1.807) is 12.1 Å². The Labute approximate surface area is 119 Å². The van der Waals surface area contributed by atoms with Gasteiger partial charge in [0.25, 0.3) is 5.91 Å². The zero-order chi connectivity index (χ0) is 14.5. The second-order valence-electron chi connectivity index (χ2n) is 5.29. The summed E-state index contributed by atoms with van der Waals surface area (Å²) in [7, 11) is 1.48. The van der Waals surface area contributed by atoms with E-state index in [2.05, 4.69) is 17.6 Å². The van der Waals surface area contributed by atoms with Crippen LogP contribution in [-0.4, -0.2) is 36.8 Å². The van der Waals surface area contributed by atoms with E-state index in [-0.39, 0.29) is 11.7 Å². The molecule has 0 radical (unpaired) electrons. The Morgan fingerprint density at radius 2 is 2.30 bits per heavy atom. The molecule has 0 aliphatic carbocycles. The summed E-state index contributed by atoms with van der Waals surface area (Å²) in [5.74, 6) is 0.164. The number of amides is 1. The van der Waals surface area contributed by atoms with Gasteiger partial charge in [0.1, 0.15) is 0 Å². The minimum atomic E-state index is -0.178. The first kappa shape index (κ1) is 14.7. The fourth-order valence-corrected chi connectivity index (χ4v) is 2.55. The van der Waals surface area contributed by atoms with Crippen molar-refractivity contribution in [2.45, 2.75) is 38.3 Å². The first-order valence-corrected chi connectivity index (χ1v) is 7.01. The number of methoxy groups -OCH3 is 1. The monoisotopic (exact) mass is 278 g/mol. The van der Waals surface area contributed by atoms with Crippen LogP contribution in [0.15, 0.2) is 18.2 Å². The number of hydrogen-bond acceptors (Lipinski definition) is 4. The maximum atomic E-state index is 12.0. The molecule has 2 unspecified atom stereocenters. The second-order valence-corrected chi connectivity index (χ2v) is 5.29. The van der Waals surface area contributed by atoms with Gasteiger partial charge >= 0.3 is 0 Å². The van der Waals surface area contributed by atoms with E-state index in [0.29, 0.717) is 29.9 Å². The van der Waals surface area contributed by atoms with Crippen LogP contribution in [-0.2, 0) is 0 Å². The van der Waals surface area contributed by atoms with Crippen LogP contribution in [0.2, 0.25) is 0 Å². The van der Waals surface area contributed by atoms with Crippen LogP contribution in [0.25, 0.3) is 0 Å². The highest BCUT2D eigenvalue weighted by Crippen LogP contribution is 2.26. The van der Waals surface area contributed by atoms with Crippen LogP contribution in [0.3, 0.4) is 0 Å². The molecule has 1 saturated heterocycles. The zero-order valence-corrected chi connectivity index (χ0v) is 12.0. The molecule has 110 valence electrons. The summed E-state index contributed by atoms with van der Waals surface area (Å²) in [4.78, 5) is 12.0. The van der Waals surface area contributed by atoms with Crippen molar-refractivity contribution in [3.05, 3.63) is 23.8 Å². The van der Waals surface area contributed by atoms with E-state index < -0.39 is 0 Å². The lowest BCUT2D eigenvalue weighted by Crippen LogP contribution is -2.47. The molecule has 1 aromatic rings. The Morgan fingerprint density at radius 3 is 2.95 bits per heavy atom. The van der Waals surface area contributed by atoms with Crippen molar-refractivity contribution in [2.75, 3.05) is 13.7 Å². The minimum absolute atomic E-state index is 0.0236. The van der Waals surface area contributed by atoms with E-state index in [4.69, 9.17) is 4.74 Å². The Hall–Kier alpha value is -1.75. The number of piperidine rings is 1. The van der Waals surface area contributed by atoms with Gasteiger partial charge in [-0.05, 0) is 38.0 Å². The van der Waals surface area contributed by atoms with Crippen LogP contribution in [0.5, 0.6) is 11.5 Å². The zero-order valence-electron chi connectivity index (χ0n) is 12.0. The fourth-order valence-electron chi connectivity index (χ4n) is 2.55. The average molecular weight is 278 g/mol. The fraction of sp³-hybridized carbons (Fsp3) is 0.533. The van der Waals surface area contributed by atoms with Crippen molar-refractivity contribution >= 4 is 5.91 Å². The van der Waals surface area contributed by atoms with E-state index in [1.807, 2.05) is 0 Å². The molecule has 3 N–H and O–H groups in total. The van der Waals surface area contributed by atoms with E-state index in [1.165, 1.54) is 26.0 Å². The number of carbonyl (C=O) groups excluding carboxylic acids is 1. The van der Waals surface area contributed by atoms with Crippen LogP contribution in [0.1, 0.15) is 36.5 Å². The first-order chi connectivity index (χ1) is 9.60. The third-order valence-corrected chi connectivity index (χ3v) is 3.66. The number of ether oxygens (including phenoxy) is 1. The van der Waals surface area contributed by atoms with Crippen LogP contribution in [0.4, 0.5) is 0 Å². The highest BCUT2D eigenvalue weighted by molar-refractivity contribution is 5.94. The summed E-state index contributed by atoms with van der Waals surface area (Å²) >= 11 is 0. The van der Waals surface area contributed by atoms with Crippen molar-refractivity contribution < 1.29 is 14.6 Å². The summed E-state index contributed by atoms with van der Waals surface area (Å²) in [6.45, 7) is 2.77. The van der Waals surface area contributed by atoms with E-state index in [9.17, 15) is 9.90 Å². The highest BCUT2D eigenvalue weighted by atomic mass is 16.5. The maximum absolute atomic E-state index is 12.0. The number of phenolic OH excluding ortho intramolecular Hbond substituents is 1. The number of carbonyl (C=O) groups is 1. The molecule has 1 heterocycles. The lowest BCUT2D eigenvalue weighted by Gasteiger charge is -2.28. The molecule has 1 aliphatic heterocycles. The number of aromatic hydroxyl groups is 1. The van der Waals surface area contributed by atoms with E-state index >= 15 is 0 Å². The van der Waals surface area contributed by atoms with Gasteiger partial charge in [-0.3, -0.25) is 4.79 Å². The van der Waals surface area contributed by atoms with Crippen LogP contribution >= 0.6 is 0 Å². The standard InChI is InChI=1S/C15H22N2O3/c1-10-4-3-5-12(17-10)9-16-15(19)11-6-7-14(20-2)13(18)8-11/h6-8,10,12,17-18H,3-5,9H2,1-2H3,(H,16,19). The Balaban J connectivity index is 1.90. The van der Waals surface area contributed by atoms with Gasteiger partial charge in [-0.1, -0.05) is 6.42 Å². The molecular formula is C15H22N2O3. The molecule has 1 amide bonds. The van der Waals surface area contributed by atoms with E-state index in [0.717, 1.165) is 6.42 Å². The molecule has 5 heteroatoms. The average Bonchev–Trinajstić information content (AvgIpc) is 2.44. The summed E-state index contributed by atoms with van der Waals surface area (Å²) in [5.41, 5.74) is 0.437. The lowest BCUT2D eigenvalue weighted by atomic mass is 9.99. The summed E-state index contributed by atoms with van der Waals surface area (Å²) in [5, 5.41) is 16.0. The largest absolute Gasteiger partial charge is 0.504 e. The Kier molecular flexibility index (Phi) is 4.84. The van der Waals surface area contributed by atoms with Crippen molar-refractivity contribution in [2.24, 2.45) is 0 Å². The highest BCUT2D eigenvalue weighted by Gasteiger charge is 2.18. The molecule has 0 aromatic heterocycles. The number of nitrogens with one attached hydrogen (secondary N) is 2. The van der Waals surface area contributed by atoms with Gasteiger partial charge in [-0.15, -0.1) is 0 Å². The SMILES string of the molecule is COc1ccc(C(=O)NCC2CCCC(C)N2)cc1O.